The van der Waals surface area contributed by atoms with Crippen LogP contribution in [0.15, 0.2) is 46.8 Å². The molecule has 0 saturated carbocycles. The van der Waals surface area contributed by atoms with Crippen LogP contribution in [-0.4, -0.2) is 77.6 Å². The van der Waals surface area contributed by atoms with Crippen molar-refractivity contribution in [2.45, 2.75) is 24.8 Å². The molecular weight excluding hydrogens is 520 g/mol. The second-order valence-electron chi connectivity index (χ2n) is 8.53. The van der Waals surface area contributed by atoms with Gasteiger partial charge in [0.25, 0.3) is 5.91 Å². The van der Waals surface area contributed by atoms with Crippen LogP contribution in [0.1, 0.15) is 24.3 Å². The molecule has 0 bridgehead atoms. The Morgan fingerprint density at radius 1 is 1.14 bits per heavy atom. The molecule has 2 aromatic heterocycles. The van der Waals surface area contributed by atoms with Crippen LogP contribution in [0.25, 0.3) is 11.3 Å². The number of sulfonamides is 1. The molecule has 12 nitrogen and oxygen atoms in total. The van der Waals surface area contributed by atoms with Crippen molar-refractivity contribution in [1.29, 1.82) is 0 Å². The lowest BCUT2D eigenvalue weighted by atomic mass is 10.2. The van der Waals surface area contributed by atoms with Crippen LogP contribution >= 0.6 is 11.3 Å². The zero-order valence-electron chi connectivity index (χ0n) is 20.1. The minimum Gasteiger partial charge on any atom is -0.489 e. The summed E-state index contributed by atoms with van der Waals surface area (Å²) in [6.07, 6.45) is 0.419. The third-order valence-corrected chi connectivity index (χ3v) is 7.17. The molecule has 0 radical (unpaired) electrons. The number of nitrogens with zero attached hydrogens (tertiary/aromatic N) is 4. The lowest BCUT2D eigenvalue weighted by molar-refractivity contribution is 0.0619. The first-order chi connectivity index (χ1) is 17.5. The summed E-state index contributed by atoms with van der Waals surface area (Å²) in [5, 5.41) is 19.7. The molecule has 14 heteroatoms. The van der Waals surface area contributed by atoms with E-state index in [0.29, 0.717) is 40.9 Å². The monoisotopic (exact) mass is 546 g/mol. The molecule has 4 rings (SSSR count). The van der Waals surface area contributed by atoms with Crippen molar-refractivity contribution in [2.24, 2.45) is 5.14 Å². The van der Waals surface area contributed by atoms with Crippen molar-refractivity contribution in [3.05, 3.63) is 47.6 Å². The number of rotatable bonds is 7. The van der Waals surface area contributed by atoms with Gasteiger partial charge in [-0.2, -0.15) is 0 Å². The molecule has 1 fully saturated rings. The Hall–Kier alpha value is -3.75. The number of primary sulfonamides is 1. The van der Waals surface area contributed by atoms with E-state index in [2.05, 4.69) is 15.3 Å². The van der Waals surface area contributed by atoms with Gasteiger partial charge in [-0.25, -0.2) is 23.3 Å². The summed E-state index contributed by atoms with van der Waals surface area (Å²) in [7, 11) is -3.91. The molecule has 196 valence electrons. The standard InChI is InChI=1S/C23H26N6O6S2/c1-14(2)35-20-6-4-16(37(24,33)34)11-18(20)26-22-27-19(13-36-22)15-3-5-17(25-12-15)21(30)28-7-9-29(10-8-28)23(31)32/h3-6,11-14H,7-10H2,1-2H3,(H,26,27)(H,31,32)(H2,24,33,34). The molecule has 0 aliphatic carbocycles. The fraction of sp³-hybridized carbons (Fsp3) is 0.304. The minimum atomic E-state index is -3.91. The van der Waals surface area contributed by atoms with E-state index < -0.39 is 16.1 Å². The molecule has 1 aromatic carbocycles. The lowest BCUT2D eigenvalue weighted by Crippen LogP contribution is -2.50. The van der Waals surface area contributed by atoms with Crippen LogP contribution in [0.2, 0.25) is 0 Å². The summed E-state index contributed by atoms with van der Waals surface area (Å²) in [5.41, 5.74) is 1.97. The van der Waals surface area contributed by atoms with E-state index in [1.807, 2.05) is 13.8 Å². The fourth-order valence-electron chi connectivity index (χ4n) is 3.65. The van der Waals surface area contributed by atoms with Crippen LogP contribution in [0.5, 0.6) is 5.75 Å². The third kappa shape index (κ3) is 6.34. The largest absolute Gasteiger partial charge is 0.489 e. The molecule has 3 heterocycles. The number of ether oxygens (including phenoxy) is 1. The normalized spacial score (nSPS) is 14.1. The predicted molar refractivity (Wildman–Crippen MR) is 138 cm³/mol. The lowest BCUT2D eigenvalue weighted by Gasteiger charge is -2.32. The first kappa shape index (κ1) is 26.3. The maximum Gasteiger partial charge on any atom is 0.407 e. The van der Waals surface area contributed by atoms with Crippen molar-refractivity contribution in [3.63, 3.8) is 0 Å². The smallest absolute Gasteiger partial charge is 0.407 e. The second kappa shape index (κ2) is 10.7. The van der Waals surface area contributed by atoms with Gasteiger partial charge in [0.15, 0.2) is 5.13 Å². The highest BCUT2D eigenvalue weighted by atomic mass is 32.2. The number of benzene rings is 1. The summed E-state index contributed by atoms with van der Waals surface area (Å²) in [4.78, 5) is 35.4. The second-order valence-corrected chi connectivity index (χ2v) is 10.9. The average molecular weight is 547 g/mol. The SMILES string of the molecule is CC(C)Oc1ccc(S(N)(=O)=O)cc1Nc1nc(-c2ccc(C(=O)N3CCN(C(=O)O)CC3)nc2)cs1. The molecule has 37 heavy (non-hydrogen) atoms. The van der Waals surface area contributed by atoms with E-state index in [9.17, 15) is 18.0 Å². The highest BCUT2D eigenvalue weighted by Gasteiger charge is 2.25. The first-order valence-electron chi connectivity index (χ1n) is 11.3. The number of pyridine rings is 1. The van der Waals surface area contributed by atoms with E-state index in [-0.39, 0.29) is 35.7 Å². The Labute approximate surface area is 217 Å². The minimum absolute atomic E-state index is 0.0586. The Morgan fingerprint density at radius 3 is 2.43 bits per heavy atom. The van der Waals surface area contributed by atoms with Gasteiger partial charge >= 0.3 is 6.09 Å². The molecule has 1 aliphatic rings. The summed E-state index contributed by atoms with van der Waals surface area (Å²) >= 11 is 1.30. The Kier molecular flexibility index (Phi) is 7.61. The number of carboxylic acid groups (broad SMARTS) is 1. The number of nitrogens with one attached hydrogen (secondary N) is 1. The number of carbonyl (C=O) groups is 2. The van der Waals surface area contributed by atoms with Crippen LogP contribution in [0.4, 0.5) is 15.6 Å². The number of hydrogen-bond donors (Lipinski definition) is 3. The van der Waals surface area contributed by atoms with E-state index in [0.717, 1.165) is 0 Å². The predicted octanol–water partition coefficient (Wildman–Crippen LogP) is 2.82. The highest BCUT2D eigenvalue weighted by Crippen LogP contribution is 2.33. The molecule has 3 aromatic rings. The van der Waals surface area contributed by atoms with Gasteiger partial charge in [0.1, 0.15) is 11.4 Å². The molecule has 1 saturated heterocycles. The maximum atomic E-state index is 12.7. The van der Waals surface area contributed by atoms with E-state index >= 15 is 0 Å². The van der Waals surface area contributed by atoms with Crippen molar-refractivity contribution in [3.8, 4) is 17.0 Å². The first-order valence-corrected chi connectivity index (χ1v) is 13.7. The molecule has 0 spiro atoms. The number of nitrogens with two attached hydrogens (primary N) is 1. The fourth-order valence-corrected chi connectivity index (χ4v) is 4.93. The van der Waals surface area contributed by atoms with Gasteiger partial charge in [0, 0.05) is 43.3 Å². The van der Waals surface area contributed by atoms with Gasteiger partial charge in [-0.3, -0.25) is 9.78 Å². The number of carbonyl (C=O) groups excluding carboxylic acids is 1. The summed E-state index contributed by atoms with van der Waals surface area (Å²) in [6, 6.07) is 7.66. The van der Waals surface area contributed by atoms with E-state index in [4.69, 9.17) is 15.0 Å². The summed E-state index contributed by atoms with van der Waals surface area (Å²) in [5.74, 6) is 0.192. The van der Waals surface area contributed by atoms with E-state index in [1.54, 1.807) is 28.6 Å². The zero-order valence-corrected chi connectivity index (χ0v) is 21.8. The number of amides is 2. The molecule has 2 amide bonds. The van der Waals surface area contributed by atoms with Gasteiger partial charge in [-0.1, -0.05) is 0 Å². The van der Waals surface area contributed by atoms with Crippen LogP contribution in [0.3, 0.4) is 0 Å². The van der Waals surface area contributed by atoms with Crippen molar-refractivity contribution in [2.75, 3.05) is 31.5 Å². The van der Waals surface area contributed by atoms with Gasteiger partial charge in [-0.15, -0.1) is 11.3 Å². The van der Waals surface area contributed by atoms with Crippen molar-refractivity contribution >= 4 is 44.2 Å². The van der Waals surface area contributed by atoms with Gasteiger partial charge < -0.3 is 25.0 Å². The summed E-state index contributed by atoms with van der Waals surface area (Å²) in [6.45, 7) is 4.86. The third-order valence-electron chi connectivity index (χ3n) is 5.50. The number of piperazine rings is 1. The Bertz CT molecular complexity index is 1400. The zero-order chi connectivity index (χ0) is 26.7. The number of hydrogen-bond acceptors (Lipinski definition) is 9. The van der Waals surface area contributed by atoms with Crippen LogP contribution in [0, 0.1) is 0 Å². The summed E-state index contributed by atoms with van der Waals surface area (Å²) < 4.78 is 29.4. The van der Waals surface area contributed by atoms with Crippen molar-refractivity contribution < 1.29 is 27.9 Å². The van der Waals surface area contributed by atoms with E-state index in [1.165, 1.54) is 34.4 Å². The van der Waals surface area contributed by atoms with Crippen molar-refractivity contribution in [1.82, 2.24) is 19.8 Å². The Morgan fingerprint density at radius 2 is 1.84 bits per heavy atom. The molecule has 4 N–H and O–H groups in total. The average Bonchev–Trinajstić information content (AvgIpc) is 3.32. The molecular formula is C23H26N6O6S2. The van der Waals surface area contributed by atoms with Crippen LogP contribution < -0.4 is 15.2 Å². The van der Waals surface area contributed by atoms with Gasteiger partial charge in [-0.05, 0) is 44.2 Å². The van der Waals surface area contributed by atoms with Gasteiger partial charge in [0.2, 0.25) is 10.0 Å². The molecule has 0 unspecified atom stereocenters. The number of anilines is 2. The van der Waals surface area contributed by atoms with Crippen LogP contribution in [-0.2, 0) is 10.0 Å². The topological polar surface area (TPSA) is 168 Å². The molecule has 0 atom stereocenters. The Balaban J connectivity index is 1.48. The molecule has 1 aliphatic heterocycles. The van der Waals surface area contributed by atoms with Gasteiger partial charge in [0.05, 0.1) is 22.4 Å². The highest BCUT2D eigenvalue weighted by molar-refractivity contribution is 7.89. The quantitative estimate of drug-likeness (QED) is 0.403. The number of thiazole rings is 1. The maximum absolute atomic E-state index is 12.7. The number of aromatic nitrogens is 2.